The van der Waals surface area contributed by atoms with E-state index in [1.807, 2.05) is 17.7 Å². The molecule has 0 saturated heterocycles. The maximum absolute atomic E-state index is 12.2. The van der Waals surface area contributed by atoms with Crippen LogP contribution in [0.3, 0.4) is 0 Å². The number of H-pyrrole nitrogens is 1. The van der Waals surface area contributed by atoms with E-state index in [1.54, 1.807) is 36.7 Å². The molecule has 0 atom stereocenters. The van der Waals surface area contributed by atoms with Crippen molar-refractivity contribution in [3.8, 4) is 0 Å². The van der Waals surface area contributed by atoms with Gasteiger partial charge in [-0.3, -0.25) is 0 Å². The topological polar surface area (TPSA) is 84.8 Å². The molecule has 2 heterocycles. The second-order valence-electron chi connectivity index (χ2n) is 5.30. The quantitative estimate of drug-likeness (QED) is 0.558. The molecule has 24 heavy (non-hydrogen) atoms. The molecule has 2 N–H and O–H groups in total. The predicted octanol–water partition coefficient (Wildman–Crippen LogP) is 3.29. The summed E-state index contributed by atoms with van der Waals surface area (Å²) in [5.74, 6) is -0.208. The van der Waals surface area contributed by atoms with Crippen LogP contribution in [0.15, 0.2) is 42.7 Å². The highest BCUT2D eigenvalue weighted by atomic mass is 35.5. The molecule has 0 saturated carbocycles. The van der Waals surface area contributed by atoms with Gasteiger partial charge in [0.25, 0.3) is 0 Å². The Bertz CT molecular complexity index is 1070. The summed E-state index contributed by atoms with van der Waals surface area (Å²) in [6.07, 6.45) is 1.69. The molecule has 2 aromatic carbocycles. The smallest absolute Gasteiger partial charge is 0.335 e. The van der Waals surface area contributed by atoms with E-state index < -0.39 is 5.97 Å². The van der Waals surface area contributed by atoms with Crippen LogP contribution in [-0.4, -0.2) is 25.5 Å². The highest BCUT2D eigenvalue weighted by Crippen LogP contribution is 2.19. The summed E-state index contributed by atoms with van der Waals surface area (Å²) < 4.78 is 1.88. The van der Waals surface area contributed by atoms with Crippen molar-refractivity contribution in [3.05, 3.63) is 53.3 Å². The molecule has 0 amide bonds. The minimum absolute atomic E-state index is 0.319. The predicted molar refractivity (Wildman–Crippen MR) is 90.9 cm³/mol. The molecule has 2 aromatic heterocycles. The van der Waals surface area contributed by atoms with Crippen molar-refractivity contribution in [3.63, 3.8) is 0 Å². The van der Waals surface area contributed by atoms with Crippen LogP contribution >= 0.6 is 11.6 Å². The molecule has 4 rings (SSSR count). The molecular formula is C16H12ClN5O2. The molecule has 0 fully saturated rings. The van der Waals surface area contributed by atoms with Crippen molar-refractivity contribution in [2.24, 2.45) is 7.05 Å². The lowest BCUT2D eigenvalue weighted by Crippen LogP contribution is -2.11. The van der Waals surface area contributed by atoms with E-state index in [1.165, 1.54) is 0 Å². The summed E-state index contributed by atoms with van der Waals surface area (Å²) in [6.45, 7) is 0. The third-order valence-corrected chi connectivity index (χ3v) is 3.88. The number of aromatic nitrogens is 4. The number of rotatable bonds is 3. The third kappa shape index (κ3) is 2.55. The first kappa shape index (κ1) is 14.5. The maximum Gasteiger partial charge on any atom is 0.363 e. The second-order valence-corrected chi connectivity index (χ2v) is 5.73. The number of imidazole rings is 2. The van der Waals surface area contributed by atoms with Crippen LogP contribution in [0.5, 0.6) is 0 Å². The van der Waals surface area contributed by atoms with Crippen LogP contribution in [0.4, 0.5) is 5.95 Å². The number of nitrogens with one attached hydrogen (secondary N) is 2. The zero-order chi connectivity index (χ0) is 16.7. The SMILES string of the molecule is Cn1cnc2cc(C(=O)ONc3nc4cc(Cl)ccc4[nH]3)ccc21. The highest BCUT2D eigenvalue weighted by molar-refractivity contribution is 6.31. The Kier molecular flexibility index (Phi) is 3.35. The van der Waals surface area contributed by atoms with E-state index in [9.17, 15) is 4.79 Å². The number of benzene rings is 2. The van der Waals surface area contributed by atoms with Gasteiger partial charge in [0.2, 0.25) is 5.95 Å². The number of aromatic amines is 1. The molecule has 0 aliphatic heterocycles. The summed E-state index contributed by atoms with van der Waals surface area (Å²) in [6, 6.07) is 10.5. The fraction of sp³-hybridized carbons (Fsp3) is 0.0625. The van der Waals surface area contributed by atoms with Crippen LogP contribution in [0.25, 0.3) is 22.1 Å². The standard InChI is InChI=1S/C16H12ClN5O2/c1-22-8-18-13-6-9(2-5-14(13)22)15(23)24-21-16-19-11-4-3-10(17)7-12(11)20-16/h2-8H,1H3,(H2,19,20,21). The Morgan fingerprint density at radius 1 is 1.25 bits per heavy atom. The van der Waals surface area contributed by atoms with E-state index in [-0.39, 0.29) is 0 Å². The van der Waals surface area contributed by atoms with Gasteiger partial charge >= 0.3 is 5.97 Å². The van der Waals surface area contributed by atoms with Crippen molar-refractivity contribution >= 4 is 45.6 Å². The van der Waals surface area contributed by atoms with E-state index in [2.05, 4.69) is 20.4 Å². The lowest BCUT2D eigenvalue weighted by atomic mass is 10.2. The van der Waals surface area contributed by atoms with Crippen molar-refractivity contribution in [1.29, 1.82) is 0 Å². The molecule has 0 unspecified atom stereocenters. The van der Waals surface area contributed by atoms with E-state index in [0.29, 0.717) is 22.1 Å². The molecular weight excluding hydrogens is 330 g/mol. The molecule has 0 aliphatic rings. The average Bonchev–Trinajstić information content (AvgIpc) is 3.15. The first-order valence-electron chi connectivity index (χ1n) is 7.14. The number of hydrogen-bond donors (Lipinski definition) is 2. The molecule has 120 valence electrons. The molecule has 8 heteroatoms. The zero-order valence-corrected chi connectivity index (χ0v) is 13.3. The molecule has 4 aromatic rings. The van der Waals surface area contributed by atoms with Crippen LogP contribution in [0.1, 0.15) is 10.4 Å². The third-order valence-electron chi connectivity index (χ3n) is 3.65. The minimum atomic E-state index is -0.527. The summed E-state index contributed by atoms with van der Waals surface area (Å²) in [5, 5.41) is 0.584. The highest BCUT2D eigenvalue weighted by Gasteiger charge is 2.11. The molecule has 0 aliphatic carbocycles. The van der Waals surface area contributed by atoms with Gasteiger partial charge in [-0.1, -0.05) is 11.6 Å². The average molecular weight is 342 g/mol. The number of carbonyl (C=O) groups is 1. The number of halogens is 1. The Balaban J connectivity index is 1.51. The second kappa shape index (κ2) is 5.54. The summed E-state index contributed by atoms with van der Waals surface area (Å²) in [7, 11) is 1.89. The van der Waals surface area contributed by atoms with Gasteiger partial charge in [-0.2, -0.15) is 5.48 Å². The van der Waals surface area contributed by atoms with Crippen LogP contribution in [-0.2, 0) is 11.9 Å². The van der Waals surface area contributed by atoms with Gasteiger partial charge in [-0.25, -0.2) is 14.8 Å². The maximum atomic E-state index is 12.2. The monoisotopic (exact) mass is 341 g/mol. The van der Waals surface area contributed by atoms with Gasteiger partial charge in [-0.15, -0.1) is 0 Å². The van der Waals surface area contributed by atoms with Gasteiger partial charge in [-0.05, 0) is 36.4 Å². The number of hydrogen-bond acceptors (Lipinski definition) is 5. The number of fused-ring (bicyclic) bond motifs is 2. The number of carbonyl (C=O) groups excluding carboxylic acids is 1. The van der Waals surface area contributed by atoms with E-state index in [0.717, 1.165) is 16.6 Å². The number of nitrogens with zero attached hydrogens (tertiary/aromatic N) is 3. The van der Waals surface area contributed by atoms with Gasteiger partial charge in [0, 0.05) is 12.1 Å². The van der Waals surface area contributed by atoms with Crippen molar-refractivity contribution < 1.29 is 9.63 Å². The Morgan fingerprint density at radius 2 is 2.12 bits per heavy atom. The lowest BCUT2D eigenvalue weighted by molar-refractivity contribution is 0.0593. The van der Waals surface area contributed by atoms with Crippen molar-refractivity contribution in [2.45, 2.75) is 0 Å². The number of anilines is 1. The van der Waals surface area contributed by atoms with Gasteiger partial charge in [0.1, 0.15) is 0 Å². The molecule has 0 bridgehead atoms. The zero-order valence-electron chi connectivity index (χ0n) is 12.6. The molecule has 0 radical (unpaired) electrons. The van der Waals surface area contributed by atoms with Crippen molar-refractivity contribution in [1.82, 2.24) is 19.5 Å². The fourth-order valence-corrected chi connectivity index (χ4v) is 2.61. The summed E-state index contributed by atoms with van der Waals surface area (Å²) in [5.41, 5.74) is 6.04. The largest absolute Gasteiger partial charge is 0.363 e. The Labute approximate surface area is 141 Å². The van der Waals surface area contributed by atoms with Gasteiger partial charge in [0.05, 0.1) is 34.0 Å². The van der Waals surface area contributed by atoms with E-state index in [4.69, 9.17) is 16.4 Å². The Morgan fingerprint density at radius 3 is 3.00 bits per heavy atom. The van der Waals surface area contributed by atoms with Crippen molar-refractivity contribution in [2.75, 3.05) is 5.48 Å². The van der Waals surface area contributed by atoms with Gasteiger partial charge < -0.3 is 14.4 Å². The van der Waals surface area contributed by atoms with Crippen LogP contribution in [0, 0.1) is 0 Å². The first-order chi connectivity index (χ1) is 11.6. The minimum Gasteiger partial charge on any atom is -0.335 e. The number of aryl methyl sites for hydroxylation is 1. The summed E-state index contributed by atoms with van der Waals surface area (Å²) in [4.78, 5) is 28.7. The lowest BCUT2D eigenvalue weighted by Gasteiger charge is -2.04. The molecule has 7 nitrogen and oxygen atoms in total. The summed E-state index contributed by atoms with van der Waals surface area (Å²) >= 11 is 5.92. The fourth-order valence-electron chi connectivity index (χ4n) is 2.44. The van der Waals surface area contributed by atoms with Gasteiger partial charge in [0.15, 0.2) is 0 Å². The van der Waals surface area contributed by atoms with Crippen LogP contribution in [0.2, 0.25) is 5.02 Å². The van der Waals surface area contributed by atoms with E-state index >= 15 is 0 Å². The Hall–Kier alpha value is -3.06. The molecule has 0 spiro atoms. The van der Waals surface area contributed by atoms with Crippen LogP contribution < -0.4 is 5.48 Å². The first-order valence-corrected chi connectivity index (χ1v) is 7.51. The normalized spacial score (nSPS) is 11.1.